The Morgan fingerprint density at radius 2 is 1.81 bits per heavy atom. The van der Waals surface area contributed by atoms with Crippen LogP contribution in [0.25, 0.3) is 0 Å². The van der Waals surface area contributed by atoms with Crippen LogP contribution < -0.4 is 10.6 Å². The SMILES string of the molecule is CCCN(CCC)CCCNC(=NC)NC(C)COC.I. The predicted molar refractivity (Wildman–Crippen MR) is 103 cm³/mol. The molecule has 5 nitrogen and oxygen atoms in total. The second kappa shape index (κ2) is 16.3. The van der Waals surface area contributed by atoms with Crippen LogP contribution in [-0.2, 0) is 4.74 Å². The van der Waals surface area contributed by atoms with E-state index in [9.17, 15) is 0 Å². The number of halogens is 1. The summed E-state index contributed by atoms with van der Waals surface area (Å²) >= 11 is 0. The highest BCUT2D eigenvalue weighted by atomic mass is 127. The summed E-state index contributed by atoms with van der Waals surface area (Å²) in [6.07, 6.45) is 3.59. The first kappa shape index (κ1) is 23.2. The zero-order chi connectivity index (χ0) is 15.2. The Bertz CT molecular complexity index is 246. The smallest absolute Gasteiger partial charge is 0.191 e. The number of rotatable bonds is 11. The van der Waals surface area contributed by atoms with Crippen LogP contribution in [0.3, 0.4) is 0 Å². The van der Waals surface area contributed by atoms with E-state index in [1.54, 1.807) is 14.2 Å². The first-order valence-corrected chi connectivity index (χ1v) is 7.86. The summed E-state index contributed by atoms with van der Waals surface area (Å²) in [6.45, 7) is 11.7. The van der Waals surface area contributed by atoms with E-state index in [1.807, 2.05) is 0 Å². The maximum absolute atomic E-state index is 5.11. The average Bonchev–Trinajstić information content (AvgIpc) is 2.42. The highest BCUT2D eigenvalue weighted by Crippen LogP contribution is 1.95. The van der Waals surface area contributed by atoms with Gasteiger partial charge in [-0.3, -0.25) is 4.99 Å². The van der Waals surface area contributed by atoms with Gasteiger partial charge in [0.25, 0.3) is 0 Å². The molecule has 0 spiro atoms. The van der Waals surface area contributed by atoms with E-state index in [4.69, 9.17) is 4.74 Å². The second-order valence-corrected chi connectivity index (χ2v) is 5.19. The van der Waals surface area contributed by atoms with Crippen LogP contribution in [0.15, 0.2) is 4.99 Å². The van der Waals surface area contributed by atoms with Crippen LogP contribution in [0.1, 0.15) is 40.0 Å². The van der Waals surface area contributed by atoms with Gasteiger partial charge in [0.2, 0.25) is 0 Å². The molecule has 6 heteroatoms. The van der Waals surface area contributed by atoms with E-state index in [2.05, 4.69) is 41.3 Å². The first-order valence-electron chi connectivity index (χ1n) is 7.86. The molecule has 0 saturated carbocycles. The molecule has 0 heterocycles. The average molecular weight is 414 g/mol. The summed E-state index contributed by atoms with van der Waals surface area (Å²) in [4.78, 5) is 6.76. The van der Waals surface area contributed by atoms with Crippen LogP contribution in [0.2, 0.25) is 0 Å². The summed E-state index contributed by atoms with van der Waals surface area (Å²) in [5.41, 5.74) is 0. The lowest BCUT2D eigenvalue weighted by Gasteiger charge is -2.21. The largest absolute Gasteiger partial charge is 0.383 e. The standard InChI is InChI=1S/C15H34N4O.HI/c1-6-10-19(11-7-2)12-8-9-17-15(16-4)18-14(3)13-20-5;/h14H,6-13H2,1-5H3,(H2,16,17,18);1H. The van der Waals surface area contributed by atoms with Crippen molar-refractivity contribution in [1.29, 1.82) is 0 Å². The van der Waals surface area contributed by atoms with Gasteiger partial charge in [0.1, 0.15) is 0 Å². The van der Waals surface area contributed by atoms with Crippen LogP contribution in [0.4, 0.5) is 0 Å². The van der Waals surface area contributed by atoms with Gasteiger partial charge < -0.3 is 20.3 Å². The lowest BCUT2D eigenvalue weighted by molar-refractivity contribution is 0.179. The third kappa shape index (κ3) is 13.3. The number of hydrogen-bond donors (Lipinski definition) is 2. The van der Waals surface area contributed by atoms with Crippen molar-refractivity contribution in [2.45, 2.75) is 46.1 Å². The Morgan fingerprint density at radius 3 is 2.29 bits per heavy atom. The molecule has 0 aliphatic rings. The summed E-state index contributed by atoms with van der Waals surface area (Å²) in [7, 11) is 3.51. The molecule has 1 atom stereocenters. The number of ether oxygens (including phenoxy) is 1. The fraction of sp³-hybridized carbons (Fsp3) is 0.933. The Labute approximate surface area is 148 Å². The number of nitrogens with zero attached hydrogens (tertiary/aromatic N) is 2. The number of hydrogen-bond acceptors (Lipinski definition) is 3. The van der Waals surface area contributed by atoms with Gasteiger partial charge in [-0.1, -0.05) is 13.8 Å². The van der Waals surface area contributed by atoms with Crippen molar-refractivity contribution >= 4 is 29.9 Å². The van der Waals surface area contributed by atoms with E-state index in [0.29, 0.717) is 6.61 Å². The quantitative estimate of drug-likeness (QED) is 0.236. The molecule has 0 bridgehead atoms. The minimum Gasteiger partial charge on any atom is -0.383 e. The maximum atomic E-state index is 5.11. The lowest BCUT2D eigenvalue weighted by Crippen LogP contribution is -2.44. The molecule has 0 rings (SSSR count). The number of methoxy groups -OCH3 is 1. The van der Waals surface area contributed by atoms with Gasteiger partial charge in [-0.15, -0.1) is 24.0 Å². The summed E-state index contributed by atoms with van der Waals surface area (Å²) < 4.78 is 5.11. The van der Waals surface area contributed by atoms with Crippen LogP contribution >= 0.6 is 24.0 Å². The zero-order valence-corrected chi connectivity index (χ0v) is 16.8. The number of guanidine groups is 1. The van der Waals surface area contributed by atoms with E-state index >= 15 is 0 Å². The second-order valence-electron chi connectivity index (χ2n) is 5.19. The minimum absolute atomic E-state index is 0. The van der Waals surface area contributed by atoms with E-state index in [0.717, 1.165) is 25.5 Å². The molecule has 2 N–H and O–H groups in total. The first-order chi connectivity index (χ1) is 9.67. The van der Waals surface area contributed by atoms with Gasteiger partial charge in [0.15, 0.2) is 5.96 Å². The van der Waals surface area contributed by atoms with Crippen LogP contribution in [0, 0.1) is 0 Å². The fourth-order valence-electron chi connectivity index (χ4n) is 2.20. The molecule has 128 valence electrons. The van der Waals surface area contributed by atoms with E-state index in [1.165, 1.54) is 25.9 Å². The van der Waals surface area contributed by atoms with Crippen molar-refractivity contribution in [1.82, 2.24) is 15.5 Å². The zero-order valence-electron chi connectivity index (χ0n) is 14.4. The summed E-state index contributed by atoms with van der Waals surface area (Å²) in [5.74, 6) is 0.854. The monoisotopic (exact) mass is 414 g/mol. The Hall–Kier alpha value is -0.0800. The summed E-state index contributed by atoms with van der Waals surface area (Å²) in [5, 5.41) is 6.66. The number of nitrogens with one attached hydrogen (secondary N) is 2. The molecule has 0 aromatic carbocycles. The van der Waals surface area contributed by atoms with Crippen molar-refractivity contribution in [2.75, 3.05) is 46.9 Å². The van der Waals surface area contributed by atoms with Crippen molar-refractivity contribution < 1.29 is 4.74 Å². The van der Waals surface area contributed by atoms with Gasteiger partial charge in [-0.25, -0.2) is 0 Å². The van der Waals surface area contributed by atoms with Gasteiger partial charge >= 0.3 is 0 Å². The maximum Gasteiger partial charge on any atom is 0.191 e. The minimum atomic E-state index is 0. The summed E-state index contributed by atoms with van der Waals surface area (Å²) in [6, 6.07) is 0.267. The van der Waals surface area contributed by atoms with Gasteiger partial charge in [-0.2, -0.15) is 0 Å². The van der Waals surface area contributed by atoms with Gasteiger partial charge in [-0.05, 0) is 45.8 Å². The molecule has 0 radical (unpaired) electrons. The van der Waals surface area contributed by atoms with Crippen LogP contribution in [0.5, 0.6) is 0 Å². The van der Waals surface area contributed by atoms with Crippen molar-refractivity contribution in [2.24, 2.45) is 4.99 Å². The van der Waals surface area contributed by atoms with E-state index in [-0.39, 0.29) is 30.0 Å². The Morgan fingerprint density at radius 1 is 1.19 bits per heavy atom. The lowest BCUT2D eigenvalue weighted by atomic mass is 10.3. The molecule has 21 heavy (non-hydrogen) atoms. The Balaban J connectivity index is 0. The predicted octanol–water partition coefficient (Wildman–Crippen LogP) is 2.32. The molecule has 0 aromatic heterocycles. The van der Waals surface area contributed by atoms with Crippen LogP contribution in [-0.4, -0.2) is 63.8 Å². The normalized spacial score (nSPS) is 13.0. The molecule has 0 amide bonds. The van der Waals surface area contributed by atoms with E-state index < -0.39 is 0 Å². The van der Waals surface area contributed by atoms with Gasteiger partial charge in [0, 0.05) is 26.7 Å². The third-order valence-electron chi connectivity index (χ3n) is 3.05. The highest BCUT2D eigenvalue weighted by molar-refractivity contribution is 14.0. The molecule has 0 aliphatic heterocycles. The number of aliphatic imine (C=N–C) groups is 1. The highest BCUT2D eigenvalue weighted by Gasteiger charge is 2.05. The van der Waals surface area contributed by atoms with Crippen molar-refractivity contribution in [3.63, 3.8) is 0 Å². The molecule has 0 aliphatic carbocycles. The van der Waals surface area contributed by atoms with Crippen molar-refractivity contribution in [3.8, 4) is 0 Å². The fourth-order valence-corrected chi connectivity index (χ4v) is 2.20. The molecule has 0 saturated heterocycles. The molecular formula is C15H35IN4O. The molecule has 1 unspecified atom stereocenters. The van der Waals surface area contributed by atoms with Gasteiger partial charge in [0.05, 0.1) is 6.61 Å². The molecule has 0 aromatic rings. The topological polar surface area (TPSA) is 48.9 Å². The third-order valence-corrected chi connectivity index (χ3v) is 3.05. The Kier molecular flexibility index (Phi) is 18.0. The van der Waals surface area contributed by atoms with Crippen molar-refractivity contribution in [3.05, 3.63) is 0 Å². The molecular weight excluding hydrogens is 379 g/mol. The molecule has 0 fully saturated rings.